The van der Waals surface area contributed by atoms with Crippen molar-refractivity contribution in [3.63, 3.8) is 0 Å². The lowest BCUT2D eigenvalue weighted by Gasteiger charge is -2.05. The van der Waals surface area contributed by atoms with Crippen molar-refractivity contribution in [3.8, 4) is 0 Å². The minimum absolute atomic E-state index is 0.137. The molecule has 0 aromatic carbocycles. The number of hydrogen-bond acceptors (Lipinski definition) is 3. The molecule has 1 atom stereocenters. The van der Waals surface area contributed by atoms with E-state index in [9.17, 15) is 4.79 Å². The van der Waals surface area contributed by atoms with Gasteiger partial charge in [-0.05, 0) is 0 Å². The molecule has 62 valence electrons. The molecule has 4 nitrogen and oxygen atoms in total. The average molecular weight is 157 g/mol. The van der Waals surface area contributed by atoms with E-state index in [1.807, 2.05) is 0 Å². The smallest absolute Gasteiger partial charge is 0.407 e. The zero-order valence-corrected chi connectivity index (χ0v) is 6.21. The fraction of sp³-hybridized carbons (Fsp3) is 0.571. The average Bonchev–Trinajstić information content (AvgIpc) is 2.37. The van der Waals surface area contributed by atoms with Gasteiger partial charge in [-0.15, -0.1) is 6.58 Å². The summed E-state index contributed by atoms with van der Waals surface area (Å²) in [5.74, 6) is 0. The first-order chi connectivity index (χ1) is 5.33. The minimum Gasteiger partial charge on any atom is -0.442 e. The predicted octanol–water partition coefficient (Wildman–Crippen LogP) is 0.297. The van der Waals surface area contributed by atoms with Gasteiger partial charge in [0, 0.05) is 0 Å². The highest BCUT2D eigenvalue weighted by Gasteiger charge is 2.21. The minimum atomic E-state index is -0.364. The second-order valence-electron chi connectivity index (χ2n) is 2.23. The third kappa shape index (κ3) is 2.59. The van der Waals surface area contributed by atoms with E-state index >= 15 is 0 Å². The van der Waals surface area contributed by atoms with Gasteiger partial charge >= 0.3 is 6.09 Å². The van der Waals surface area contributed by atoms with Crippen LogP contribution in [-0.4, -0.2) is 32.0 Å². The Labute approximate surface area is 65.2 Å². The number of carbonyl (C=O) groups is 1. The maximum absolute atomic E-state index is 10.5. The van der Waals surface area contributed by atoms with Crippen molar-refractivity contribution in [3.05, 3.63) is 12.7 Å². The van der Waals surface area contributed by atoms with E-state index in [0.29, 0.717) is 19.8 Å². The highest BCUT2D eigenvalue weighted by Crippen LogP contribution is 1.99. The van der Waals surface area contributed by atoms with Crippen molar-refractivity contribution < 1.29 is 14.3 Å². The normalized spacial score (nSPS) is 22.5. The lowest BCUT2D eigenvalue weighted by atomic mass is 10.4. The largest absolute Gasteiger partial charge is 0.442 e. The zero-order valence-electron chi connectivity index (χ0n) is 6.21. The van der Waals surface area contributed by atoms with Crippen molar-refractivity contribution in [2.45, 2.75) is 6.10 Å². The number of rotatable bonds is 4. The topological polar surface area (TPSA) is 47.6 Å². The van der Waals surface area contributed by atoms with Crippen LogP contribution in [0.4, 0.5) is 4.79 Å². The number of amides is 1. The van der Waals surface area contributed by atoms with Crippen molar-refractivity contribution in [2.24, 2.45) is 0 Å². The van der Waals surface area contributed by atoms with Gasteiger partial charge in [-0.2, -0.15) is 0 Å². The number of carbonyl (C=O) groups excluding carboxylic acids is 1. The highest BCUT2D eigenvalue weighted by atomic mass is 16.6. The van der Waals surface area contributed by atoms with Crippen LogP contribution in [0.25, 0.3) is 0 Å². The van der Waals surface area contributed by atoms with E-state index in [0.717, 1.165) is 0 Å². The fourth-order valence-electron chi connectivity index (χ4n) is 0.808. The summed E-state index contributed by atoms with van der Waals surface area (Å²) in [7, 11) is 0. The quantitative estimate of drug-likeness (QED) is 0.471. The molecular formula is C7H11NO3. The molecule has 4 heteroatoms. The molecule has 1 amide bonds. The summed E-state index contributed by atoms with van der Waals surface area (Å²) in [5, 5.41) is 2.53. The van der Waals surface area contributed by atoms with Crippen LogP contribution >= 0.6 is 0 Å². The van der Waals surface area contributed by atoms with Gasteiger partial charge in [0.05, 0.1) is 19.8 Å². The fourth-order valence-corrected chi connectivity index (χ4v) is 0.808. The molecule has 1 aliphatic heterocycles. The molecule has 0 radical (unpaired) electrons. The summed E-state index contributed by atoms with van der Waals surface area (Å²) in [6.45, 7) is 4.96. The second-order valence-corrected chi connectivity index (χ2v) is 2.23. The lowest BCUT2D eigenvalue weighted by molar-refractivity contribution is 0.0579. The monoisotopic (exact) mass is 157 g/mol. The van der Waals surface area contributed by atoms with Crippen LogP contribution in [0, 0.1) is 0 Å². The van der Waals surface area contributed by atoms with Gasteiger partial charge in [0.15, 0.2) is 0 Å². The van der Waals surface area contributed by atoms with Gasteiger partial charge in [0.25, 0.3) is 0 Å². The van der Waals surface area contributed by atoms with Gasteiger partial charge in [0.2, 0.25) is 0 Å². The molecule has 0 aromatic heterocycles. The molecule has 1 rings (SSSR count). The number of alkyl carbamates (subject to hydrolysis) is 1. The predicted molar refractivity (Wildman–Crippen MR) is 39.3 cm³/mol. The molecule has 0 bridgehead atoms. The molecule has 0 unspecified atom stereocenters. The summed E-state index contributed by atoms with van der Waals surface area (Å²) in [5.41, 5.74) is 0. The van der Waals surface area contributed by atoms with Crippen LogP contribution in [0.15, 0.2) is 12.7 Å². The van der Waals surface area contributed by atoms with Gasteiger partial charge in [-0.3, -0.25) is 0 Å². The molecule has 1 heterocycles. The van der Waals surface area contributed by atoms with Crippen LogP contribution in [0.3, 0.4) is 0 Å². The third-order valence-corrected chi connectivity index (χ3v) is 1.29. The molecule has 0 spiro atoms. The van der Waals surface area contributed by atoms with Crippen molar-refractivity contribution in [2.75, 3.05) is 19.8 Å². The lowest BCUT2D eigenvalue weighted by Crippen LogP contribution is -2.20. The first kappa shape index (κ1) is 8.07. The summed E-state index contributed by atoms with van der Waals surface area (Å²) in [4.78, 5) is 10.5. The zero-order chi connectivity index (χ0) is 8.10. The van der Waals surface area contributed by atoms with E-state index in [4.69, 9.17) is 9.47 Å². The van der Waals surface area contributed by atoms with Crippen molar-refractivity contribution in [1.29, 1.82) is 0 Å². The van der Waals surface area contributed by atoms with Crippen LogP contribution in [-0.2, 0) is 9.47 Å². The van der Waals surface area contributed by atoms with Crippen LogP contribution in [0.1, 0.15) is 0 Å². The summed E-state index contributed by atoms with van der Waals surface area (Å²) in [6, 6.07) is 0. The number of nitrogens with one attached hydrogen (secondary N) is 1. The van der Waals surface area contributed by atoms with E-state index in [-0.39, 0.29) is 12.2 Å². The molecule has 11 heavy (non-hydrogen) atoms. The molecule has 0 aromatic rings. The van der Waals surface area contributed by atoms with Gasteiger partial charge < -0.3 is 14.8 Å². The van der Waals surface area contributed by atoms with Crippen LogP contribution < -0.4 is 5.32 Å². The molecule has 1 saturated heterocycles. The summed E-state index contributed by atoms with van der Waals surface area (Å²) in [6.07, 6.45) is 1.16. The van der Waals surface area contributed by atoms with E-state index in [1.54, 1.807) is 6.08 Å². The maximum atomic E-state index is 10.5. The molecular weight excluding hydrogens is 146 g/mol. The van der Waals surface area contributed by atoms with Crippen molar-refractivity contribution in [1.82, 2.24) is 5.32 Å². The standard InChI is InChI=1S/C7H11NO3/c1-2-3-10-5-6-4-8-7(9)11-6/h2,6H,1,3-5H2,(H,8,9)/t6-/m1/s1. The Morgan fingerprint density at radius 1 is 1.91 bits per heavy atom. The third-order valence-electron chi connectivity index (χ3n) is 1.29. The molecule has 1 aliphatic rings. The van der Waals surface area contributed by atoms with Crippen molar-refractivity contribution >= 4 is 6.09 Å². The Bertz CT molecular complexity index is 158. The Morgan fingerprint density at radius 2 is 2.73 bits per heavy atom. The number of ether oxygens (including phenoxy) is 2. The Hall–Kier alpha value is -1.03. The summed E-state index contributed by atoms with van der Waals surface area (Å²) >= 11 is 0. The second kappa shape index (κ2) is 3.98. The SMILES string of the molecule is C=CCOC[C@H]1CNC(=O)O1. The van der Waals surface area contributed by atoms with E-state index < -0.39 is 0 Å². The Kier molecular flexibility index (Phi) is 2.92. The Balaban J connectivity index is 2.08. The number of hydrogen-bond donors (Lipinski definition) is 1. The Morgan fingerprint density at radius 3 is 3.27 bits per heavy atom. The number of cyclic esters (lactones) is 1. The van der Waals surface area contributed by atoms with E-state index in [2.05, 4.69) is 11.9 Å². The first-order valence-electron chi connectivity index (χ1n) is 3.46. The molecule has 1 fully saturated rings. The highest BCUT2D eigenvalue weighted by molar-refractivity contribution is 5.69. The van der Waals surface area contributed by atoms with Gasteiger partial charge in [-0.1, -0.05) is 6.08 Å². The van der Waals surface area contributed by atoms with Crippen LogP contribution in [0.2, 0.25) is 0 Å². The summed E-state index contributed by atoms with van der Waals surface area (Å²) < 4.78 is 9.88. The molecule has 0 aliphatic carbocycles. The van der Waals surface area contributed by atoms with Crippen LogP contribution in [0.5, 0.6) is 0 Å². The maximum Gasteiger partial charge on any atom is 0.407 e. The molecule has 1 N–H and O–H groups in total. The van der Waals surface area contributed by atoms with Gasteiger partial charge in [-0.25, -0.2) is 4.79 Å². The van der Waals surface area contributed by atoms with Gasteiger partial charge in [0.1, 0.15) is 6.10 Å². The molecule has 0 saturated carbocycles. The van der Waals surface area contributed by atoms with E-state index in [1.165, 1.54) is 0 Å². The first-order valence-corrected chi connectivity index (χ1v) is 3.46.